The van der Waals surface area contributed by atoms with Crippen LogP contribution in [0.5, 0.6) is 0 Å². The van der Waals surface area contributed by atoms with Gasteiger partial charge in [0, 0.05) is 11.4 Å². The van der Waals surface area contributed by atoms with E-state index in [9.17, 15) is 76.3 Å². The molecule has 1 heterocycles. The topological polar surface area (TPSA) is 130 Å². The molecule has 0 saturated heterocycles. The lowest BCUT2D eigenvalue weighted by molar-refractivity contribution is -0.167. The zero-order valence-electron chi connectivity index (χ0n) is 25.0. The van der Waals surface area contributed by atoms with Crippen LogP contribution in [0.15, 0.2) is 83.5 Å². The molecule has 4 rings (SSSR count). The molecule has 4 aromatic rings. The zero-order valence-corrected chi connectivity index (χ0v) is 25.0. The van der Waals surface area contributed by atoms with Crippen LogP contribution in [0.3, 0.4) is 0 Å². The fraction of sp³-hybridized carbons (Fsp3) is 0.133. The molecule has 4 N–H and O–H groups in total. The summed E-state index contributed by atoms with van der Waals surface area (Å²) >= 11 is 0. The lowest BCUT2D eigenvalue weighted by Crippen LogP contribution is -2.31. The second kappa shape index (κ2) is 15.4. The van der Waals surface area contributed by atoms with Gasteiger partial charge in [0.25, 0.3) is 11.8 Å². The molecule has 3 aromatic carbocycles. The molecule has 0 aliphatic heterocycles. The molecule has 22 heteroatoms. The Hall–Kier alpha value is -6.09. The number of amides is 4. The number of anilines is 4. The number of carbonyl (C=O) groups is 4. The van der Waals surface area contributed by atoms with Gasteiger partial charge in [0.1, 0.15) is 5.82 Å². The van der Waals surface area contributed by atoms with Gasteiger partial charge in [-0.25, -0.2) is 4.39 Å². The number of hydrogen-bond acceptors (Lipinski definition) is 5. The molecule has 52 heavy (non-hydrogen) atoms. The molecule has 278 valence electrons. The molecule has 0 aliphatic carbocycles. The van der Waals surface area contributed by atoms with Crippen molar-refractivity contribution in [3.63, 3.8) is 0 Å². The van der Waals surface area contributed by atoms with Crippen LogP contribution in [0.2, 0.25) is 0 Å². The van der Waals surface area contributed by atoms with Gasteiger partial charge in [-0.2, -0.15) is 52.7 Å². The lowest BCUT2D eigenvalue weighted by atomic mass is 10.1. The van der Waals surface area contributed by atoms with Crippen LogP contribution >= 0.6 is 0 Å². The van der Waals surface area contributed by atoms with E-state index in [0.29, 0.717) is 24.3 Å². The number of nitrogens with one attached hydrogen (secondary N) is 4. The molecule has 0 unspecified atom stereocenters. The van der Waals surface area contributed by atoms with Gasteiger partial charge in [0.15, 0.2) is 5.76 Å². The first-order chi connectivity index (χ1) is 23.9. The summed E-state index contributed by atoms with van der Waals surface area (Å²) in [5.41, 5.74) is -6.66. The van der Waals surface area contributed by atoms with Crippen molar-refractivity contribution in [3.05, 3.63) is 107 Å². The monoisotopic (exact) mass is 760 g/mol. The van der Waals surface area contributed by atoms with Gasteiger partial charge in [-0.3, -0.25) is 19.2 Å². The SMILES string of the molecule is O=C(Nc1ccc(NC(=O)C(F)(F)F)c(C(F)(F)F)c1)c1ccccc1F.O=C(Nc1ccc(NC(=O)C(F)(F)F)c(C(F)(F)F)c1)c1ccco1. The summed E-state index contributed by atoms with van der Waals surface area (Å²) in [6.07, 6.45) is -19.8. The molecule has 0 bridgehead atoms. The average molecular weight is 760 g/mol. The smallest absolute Gasteiger partial charge is 0.459 e. The van der Waals surface area contributed by atoms with Crippen molar-refractivity contribution >= 4 is 46.4 Å². The fourth-order valence-corrected chi connectivity index (χ4v) is 3.76. The van der Waals surface area contributed by atoms with Crippen molar-refractivity contribution in [2.75, 3.05) is 21.3 Å². The van der Waals surface area contributed by atoms with E-state index in [2.05, 4.69) is 5.32 Å². The van der Waals surface area contributed by atoms with Crippen LogP contribution in [-0.4, -0.2) is 36.0 Å². The van der Waals surface area contributed by atoms with E-state index in [4.69, 9.17) is 4.42 Å². The van der Waals surface area contributed by atoms with Crippen molar-refractivity contribution < 1.29 is 80.7 Å². The minimum Gasteiger partial charge on any atom is -0.459 e. The summed E-state index contributed by atoms with van der Waals surface area (Å²) in [6, 6.07) is 10.9. The number of alkyl halides is 12. The molecule has 4 amide bonds. The largest absolute Gasteiger partial charge is 0.471 e. The number of furan rings is 1. The summed E-state index contributed by atoms with van der Waals surface area (Å²) in [5.74, 6) is -8.15. The maximum Gasteiger partial charge on any atom is 0.471 e. The van der Waals surface area contributed by atoms with Crippen molar-refractivity contribution in [1.29, 1.82) is 0 Å². The van der Waals surface area contributed by atoms with Gasteiger partial charge in [0.05, 0.1) is 34.3 Å². The quantitative estimate of drug-likeness (QED) is 0.146. The average Bonchev–Trinajstić information content (AvgIpc) is 3.57. The van der Waals surface area contributed by atoms with Crippen molar-refractivity contribution in [3.8, 4) is 0 Å². The predicted molar refractivity (Wildman–Crippen MR) is 153 cm³/mol. The van der Waals surface area contributed by atoms with Crippen molar-refractivity contribution in [1.82, 2.24) is 0 Å². The number of halogens is 13. The molecule has 0 saturated carbocycles. The summed E-state index contributed by atoms with van der Waals surface area (Å²) in [7, 11) is 0. The van der Waals surface area contributed by atoms with E-state index in [0.717, 1.165) is 34.9 Å². The molecule has 9 nitrogen and oxygen atoms in total. The highest BCUT2D eigenvalue weighted by Crippen LogP contribution is 2.38. The Bertz CT molecular complexity index is 1940. The molecular formula is C30H17F13N4O5. The Balaban J connectivity index is 0.000000281. The molecule has 0 fully saturated rings. The van der Waals surface area contributed by atoms with E-state index in [1.165, 1.54) is 30.5 Å². The van der Waals surface area contributed by atoms with Crippen LogP contribution in [0.25, 0.3) is 0 Å². The minimum absolute atomic E-state index is 0.178. The van der Waals surface area contributed by atoms with Crippen LogP contribution in [0, 0.1) is 5.82 Å². The van der Waals surface area contributed by atoms with Crippen molar-refractivity contribution in [2.24, 2.45) is 0 Å². The van der Waals surface area contributed by atoms with Gasteiger partial charge < -0.3 is 25.7 Å². The maximum absolute atomic E-state index is 13.5. The predicted octanol–water partition coefficient (Wildman–Crippen LogP) is 8.65. The zero-order chi connectivity index (χ0) is 39.2. The highest BCUT2D eigenvalue weighted by molar-refractivity contribution is 6.05. The first-order valence-electron chi connectivity index (χ1n) is 13.5. The summed E-state index contributed by atoms with van der Waals surface area (Å²) in [6.45, 7) is 0. The maximum atomic E-state index is 13.5. The Labute approximate surface area is 280 Å². The number of benzene rings is 3. The van der Waals surface area contributed by atoms with Gasteiger partial charge in [-0.05, 0) is 60.7 Å². The molecular weight excluding hydrogens is 743 g/mol. The van der Waals surface area contributed by atoms with Crippen LogP contribution in [-0.2, 0) is 21.9 Å². The first-order valence-corrected chi connectivity index (χ1v) is 13.5. The normalized spacial score (nSPS) is 11.9. The minimum atomic E-state index is -5.39. The van der Waals surface area contributed by atoms with E-state index in [1.807, 2.05) is 5.32 Å². The van der Waals surface area contributed by atoms with Gasteiger partial charge >= 0.3 is 36.5 Å². The molecule has 1 aromatic heterocycles. The van der Waals surface area contributed by atoms with Gasteiger partial charge in [-0.15, -0.1) is 0 Å². The molecule has 0 radical (unpaired) electrons. The fourth-order valence-electron chi connectivity index (χ4n) is 3.76. The van der Waals surface area contributed by atoms with E-state index in [-0.39, 0.29) is 11.4 Å². The molecule has 0 spiro atoms. The summed E-state index contributed by atoms with van der Waals surface area (Å²) < 4.78 is 170. The van der Waals surface area contributed by atoms with E-state index in [1.54, 1.807) is 0 Å². The second-order valence-electron chi connectivity index (χ2n) is 9.79. The Morgan fingerprint density at radius 3 is 1.35 bits per heavy atom. The summed E-state index contributed by atoms with van der Waals surface area (Å²) in [5, 5.41) is 6.38. The van der Waals surface area contributed by atoms with Gasteiger partial charge in [-0.1, -0.05) is 12.1 Å². The Morgan fingerprint density at radius 1 is 0.519 bits per heavy atom. The number of carbonyl (C=O) groups excluding carboxylic acids is 4. The van der Waals surface area contributed by atoms with E-state index < -0.39 is 87.9 Å². The number of rotatable bonds is 6. The molecule has 0 atom stereocenters. The van der Waals surface area contributed by atoms with Crippen LogP contribution in [0.1, 0.15) is 32.0 Å². The third-order valence-corrected chi connectivity index (χ3v) is 6.04. The third kappa shape index (κ3) is 11.0. The first kappa shape index (κ1) is 40.3. The Kier molecular flexibility index (Phi) is 12.0. The van der Waals surface area contributed by atoms with Crippen LogP contribution in [0.4, 0.5) is 79.8 Å². The highest BCUT2D eigenvalue weighted by atomic mass is 19.4. The van der Waals surface area contributed by atoms with E-state index >= 15 is 0 Å². The van der Waals surface area contributed by atoms with Crippen molar-refractivity contribution in [2.45, 2.75) is 24.7 Å². The second-order valence-corrected chi connectivity index (χ2v) is 9.79. The summed E-state index contributed by atoms with van der Waals surface area (Å²) in [4.78, 5) is 45.4. The van der Waals surface area contributed by atoms with Crippen LogP contribution < -0.4 is 21.3 Å². The molecule has 0 aliphatic rings. The highest BCUT2D eigenvalue weighted by Gasteiger charge is 2.42. The standard InChI is InChI=1S/C16H9F7N2O2.C14H8F6N2O3/c17-11-4-2-1-3-9(11)13(26)24-8-5-6-12(10(7-8)15(18,19)20)25-14(27)16(21,22)23;15-13(16,17)8-6-7(21-11(23)10-2-1-5-25-10)3-4-9(8)22-12(24)14(18,19)20/h1-7H,(H,24,26)(H,25,27);1-6H,(H,21,23)(H,22,24). The third-order valence-electron chi connectivity index (χ3n) is 6.04. The Morgan fingerprint density at radius 2 is 0.962 bits per heavy atom. The number of hydrogen-bond donors (Lipinski definition) is 4. The lowest BCUT2D eigenvalue weighted by Gasteiger charge is -2.16. The van der Waals surface area contributed by atoms with Gasteiger partial charge in [0.2, 0.25) is 0 Å².